The SMILES string of the molecule is ClOCl.O=[N+]([O-])[O-].O=[N+]([O-])[O-].O=[N+]([O-])[O-].O=[N+]([O-])[O-].O=[N+]([O-])[O-].O=[N+]([O-])[O-].O=[N+]([O-])[O-].O=[N+]([O-])[O-].[Zr+4].[Zr+4]. The fraction of sp³-hybridized carbons (Fsp3) is 0. The first-order chi connectivity index (χ1) is 15.3. The molecule has 0 amide bonds. The van der Waals surface area contributed by atoms with Crippen molar-refractivity contribution in [2.45, 2.75) is 0 Å². The van der Waals surface area contributed by atoms with Crippen molar-refractivity contribution in [1.29, 1.82) is 0 Å². The molecular weight excluding hydrogens is 765 g/mol. The van der Waals surface area contributed by atoms with Gasteiger partial charge in [-0.05, 0) is 0 Å². The van der Waals surface area contributed by atoms with Crippen molar-refractivity contribution in [2.24, 2.45) is 0 Å². The fourth-order valence-electron chi connectivity index (χ4n) is 0. The summed E-state index contributed by atoms with van der Waals surface area (Å²) in [7, 11) is 0. The third-order valence-electron chi connectivity index (χ3n) is 0. The summed E-state index contributed by atoms with van der Waals surface area (Å²) >= 11 is 8.53. The maximum absolute atomic E-state index is 8.25. The zero-order valence-electron chi connectivity index (χ0n) is 15.5. The molecule has 0 aromatic heterocycles. The smallest absolute Gasteiger partial charge is 0.356 e. The quantitative estimate of drug-likeness (QED) is 0.219. The zero-order chi connectivity index (χ0) is 31.3. The van der Waals surface area contributed by atoms with Gasteiger partial charge in [-0.25, -0.2) is 0 Å². The van der Waals surface area contributed by atoms with E-state index in [1.165, 1.54) is 0 Å². The molecule has 37 heteroatoms. The van der Waals surface area contributed by atoms with Gasteiger partial charge in [-0.15, -0.1) is 0 Å². The van der Waals surface area contributed by atoms with E-state index in [-0.39, 0.29) is 52.4 Å². The van der Waals surface area contributed by atoms with Gasteiger partial charge in [0.05, 0.1) is 64.4 Å². The molecule has 0 bridgehead atoms. The van der Waals surface area contributed by atoms with Crippen molar-refractivity contribution >= 4 is 23.7 Å². The van der Waals surface area contributed by atoms with Crippen LogP contribution in [0.25, 0.3) is 0 Å². The van der Waals surface area contributed by atoms with Gasteiger partial charge in [0, 0.05) is 0 Å². The first-order valence-electron chi connectivity index (χ1n) is 4.69. The van der Waals surface area contributed by atoms with Crippen molar-refractivity contribution < 1.29 is 96.9 Å². The Morgan fingerprint density at radius 1 is 0.297 bits per heavy atom. The van der Waals surface area contributed by atoms with Gasteiger partial charge in [-0.3, -0.25) is 0 Å². The molecule has 0 aliphatic rings. The summed E-state index contributed by atoms with van der Waals surface area (Å²) in [6, 6.07) is 0. The second-order valence-electron chi connectivity index (χ2n) is 1.85. The topological polar surface area (TPSA) is 539 Å². The van der Waals surface area contributed by atoms with Gasteiger partial charge in [0.1, 0.15) is 0 Å². The average Bonchev–Trinajstić information content (AvgIpc) is 2.41. The van der Waals surface area contributed by atoms with Crippen LogP contribution in [-0.4, -0.2) is 40.7 Å². The Hall–Kier alpha value is -4.09. The van der Waals surface area contributed by atoms with E-state index in [1.807, 2.05) is 0 Å². The standard InChI is InChI=1S/Cl2O.8NO3.2Zr/c1-3-2;8*2-1(3)4;;/q;8*-1;2*+4. The van der Waals surface area contributed by atoms with E-state index in [0.717, 1.165) is 0 Å². The molecule has 0 rings (SSSR count). The molecule has 0 aromatic carbocycles. The molecule has 33 nitrogen and oxygen atoms in total. The molecule has 0 heterocycles. The van der Waals surface area contributed by atoms with Crippen molar-refractivity contribution in [3.63, 3.8) is 0 Å². The predicted octanol–water partition coefficient (Wildman–Crippen LogP) is -0.607. The Labute approximate surface area is 242 Å². The molecule has 0 saturated heterocycles. The Morgan fingerprint density at radius 2 is 0.297 bits per heavy atom. The third kappa shape index (κ3) is 1700. The van der Waals surface area contributed by atoms with E-state index in [2.05, 4.69) is 27.6 Å². The third-order valence-corrected chi connectivity index (χ3v) is 0. The second kappa shape index (κ2) is 69.7. The number of nitrogens with zero attached hydrogens (tertiary/aromatic N) is 8. The minimum absolute atomic E-state index is 0. The van der Waals surface area contributed by atoms with Crippen molar-refractivity contribution in [3.8, 4) is 0 Å². The minimum atomic E-state index is -1.75. The van der Waals surface area contributed by atoms with Crippen LogP contribution in [0.15, 0.2) is 0 Å². The number of rotatable bonds is 0. The van der Waals surface area contributed by atoms with Gasteiger partial charge >= 0.3 is 52.4 Å². The van der Waals surface area contributed by atoms with Gasteiger partial charge in [0.2, 0.25) is 0 Å². The Balaban J connectivity index is -0.0000000227. The monoisotopic (exact) mass is 762 g/mol. The van der Waals surface area contributed by atoms with Crippen LogP contribution in [0.4, 0.5) is 0 Å². The van der Waals surface area contributed by atoms with Crippen molar-refractivity contribution in [1.82, 2.24) is 0 Å². The Bertz CT molecular complexity index is 391. The van der Waals surface area contributed by atoms with Gasteiger partial charge in [-0.1, -0.05) is 0 Å². The van der Waals surface area contributed by atoms with Gasteiger partial charge in [-0.2, -0.15) is 3.84 Å². The minimum Gasteiger partial charge on any atom is -0.356 e. The summed E-state index contributed by atoms with van der Waals surface area (Å²) in [6.07, 6.45) is 0. The molecule has 0 aliphatic heterocycles. The van der Waals surface area contributed by atoms with Crippen LogP contribution >= 0.6 is 23.7 Å². The van der Waals surface area contributed by atoms with Crippen LogP contribution in [0.1, 0.15) is 0 Å². The molecule has 37 heavy (non-hydrogen) atoms. The first-order valence-corrected chi connectivity index (χ1v) is 5.31. The van der Waals surface area contributed by atoms with Crippen molar-refractivity contribution in [2.75, 3.05) is 0 Å². The largest absolute Gasteiger partial charge is 4.00 e. The van der Waals surface area contributed by atoms with E-state index >= 15 is 0 Å². The molecule has 0 spiro atoms. The summed E-state index contributed by atoms with van der Waals surface area (Å²) in [6.45, 7) is 0. The fourth-order valence-corrected chi connectivity index (χ4v) is 0. The van der Waals surface area contributed by atoms with E-state index < -0.39 is 40.7 Å². The second-order valence-corrected chi connectivity index (χ2v) is 2.31. The molecule has 0 unspecified atom stereocenters. The Kier molecular flexibility index (Phi) is 132. The van der Waals surface area contributed by atoms with E-state index in [0.29, 0.717) is 0 Å². The van der Waals surface area contributed by atoms with Crippen LogP contribution in [0.3, 0.4) is 0 Å². The summed E-state index contributed by atoms with van der Waals surface area (Å²) in [4.78, 5) is 66.0. The predicted molar refractivity (Wildman–Crippen MR) is 95.7 cm³/mol. The molecule has 0 N–H and O–H groups in total. The van der Waals surface area contributed by atoms with Crippen LogP contribution in [-0.2, 0) is 56.2 Å². The van der Waals surface area contributed by atoms with Crippen molar-refractivity contribution in [3.05, 3.63) is 123 Å². The van der Waals surface area contributed by atoms with Gasteiger partial charge < -0.3 is 123 Å². The average molecular weight is 765 g/mol. The van der Waals surface area contributed by atoms with Crippen LogP contribution in [0.5, 0.6) is 0 Å². The Morgan fingerprint density at radius 3 is 0.297 bits per heavy atom. The van der Waals surface area contributed by atoms with E-state index in [4.69, 9.17) is 123 Å². The number of hydrogen-bond acceptors (Lipinski definition) is 25. The maximum atomic E-state index is 8.25. The first kappa shape index (κ1) is 69.8. The molecule has 0 atom stereocenters. The van der Waals surface area contributed by atoms with Crippen LogP contribution in [0, 0.1) is 123 Å². The summed E-state index contributed by atoms with van der Waals surface area (Å²) < 4.78 is 3.19. The van der Waals surface area contributed by atoms with Gasteiger partial charge in [0.25, 0.3) is 0 Å². The molecular formula is Cl2N8O25Zr2. The molecule has 212 valence electrons. The summed E-state index contributed by atoms with van der Waals surface area (Å²) in [5.74, 6) is 0. The van der Waals surface area contributed by atoms with Crippen LogP contribution < -0.4 is 0 Å². The van der Waals surface area contributed by atoms with Crippen LogP contribution in [0.2, 0.25) is 0 Å². The number of halogens is 2. The van der Waals surface area contributed by atoms with Gasteiger partial charge in [0.15, 0.2) is 0 Å². The molecule has 0 aliphatic carbocycles. The van der Waals surface area contributed by atoms with E-state index in [1.54, 1.807) is 0 Å². The van der Waals surface area contributed by atoms with E-state index in [9.17, 15) is 0 Å². The number of hydrogen-bond donors (Lipinski definition) is 0. The summed E-state index contributed by atoms with van der Waals surface area (Å²) in [5.41, 5.74) is 0. The molecule has 0 radical (unpaired) electrons. The summed E-state index contributed by atoms with van der Waals surface area (Å²) in [5, 5.41) is 118. The molecule has 0 fully saturated rings. The normalized spacial score (nSPS) is 5.68. The maximum Gasteiger partial charge on any atom is 4.00 e. The zero-order valence-corrected chi connectivity index (χ0v) is 22.0. The molecule has 0 aromatic rings. The molecule has 0 saturated carbocycles.